The average molecular weight is 338 g/mol. The lowest BCUT2D eigenvalue weighted by Crippen LogP contribution is -2.07. The molecule has 3 aromatic rings. The zero-order valence-electron chi connectivity index (χ0n) is 13.8. The number of aryl methyl sites for hydroxylation is 1. The van der Waals surface area contributed by atoms with Crippen LogP contribution in [-0.4, -0.2) is 25.4 Å². The lowest BCUT2D eigenvalue weighted by atomic mass is 10.1. The van der Waals surface area contributed by atoms with E-state index >= 15 is 0 Å². The number of hydrogen-bond donors (Lipinski definition) is 2. The number of benzene rings is 1. The van der Waals surface area contributed by atoms with Crippen LogP contribution in [0.5, 0.6) is 0 Å². The predicted molar refractivity (Wildman–Crippen MR) is 92.4 cm³/mol. The Morgan fingerprint density at radius 1 is 1.16 bits per heavy atom. The number of hydrogen-bond acceptors (Lipinski definition) is 5. The zero-order chi connectivity index (χ0) is 17.1. The number of halogens is 1. The number of aromatic nitrogens is 5. The number of fused-ring (bicyclic) bond motifs is 1. The van der Waals surface area contributed by atoms with E-state index in [1.54, 1.807) is 12.1 Å². The zero-order valence-corrected chi connectivity index (χ0v) is 13.8. The monoisotopic (exact) mass is 338 g/mol. The van der Waals surface area contributed by atoms with Crippen LogP contribution in [0, 0.1) is 5.82 Å². The highest BCUT2D eigenvalue weighted by atomic mass is 19.1. The molecule has 25 heavy (non-hydrogen) atoms. The molecule has 1 aliphatic rings. The standard InChI is InChI=1S/C18H19FN6/c19-13-6-4-5-12(9-13)16-11-21-25-18(22-16)20-10-17-14-7-2-1-3-8-15(14)23-24-17/h4-6,9,11H,1-3,7-8,10H2,(H,23,24)(H,20,22,25). The molecule has 6 nitrogen and oxygen atoms in total. The van der Waals surface area contributed by atoms with Gasteiger partial charge < -0.3 is 5.32 Å². The molecule has 4 rings (SSSR count). The van der Waals surface area contributed by atoms with Gasteiger partial charge in [-0.05, 0) is 43.4 Å². The molecule has 7 heteroatoms. The molecule has 0 fully saturated rings. The Labute approximate surface area is 144 Å². The van der Waals surface area contributed by atoms with Crippen molar-refractivity contribution in [2.24, 2.45) is 0 Å². The van der Waals surface area contributed by atoms with E-state index in [1.165, 1.54) is 48.8 Å². The van der Waals surface area contributed by atoms with Gasteiger partial charge in [-0.3, -0.25) is 5.10 Å². The molecule has 128 valence electrons. The molecule has 0 aliphatic heterocycles. The van der Waals surface area contributed by atoms with Crippen molar-refractivity contribution in [2.75, 3.05) is 5.32 Å². The fourth-order valence-electron chi connectivity index (χ4n) is 3.20. The van der Waals surface area contributed by atoms with Crippen LogP contribution in [-0.2, 0) is 19.4 Å². The van der Waals surface area contributed by atoms with Gasteiger partial charge >= 0.3 is 0 Å². The fraction of sp³-hybridized carbons (Fsp3) is 0.333. The number of rotatable bonds is 4. The van der Waals surface area contributed by atoms with Crippen molar-refractivity contribution in [3.05, 3.63) is 53.2 Å². The van der Waals surface area contributed by atoms with E-state index in [0.717, 1.165) is 18.5 Å². The molecule has 1 aliphatic carbocycles. The second-order valence-corrected chi connectivity index (χ2v) is 6.22. The second-order valence-electron chi connectivity index (χ2n) is 6.22. The van der Waals surface area contributed by atoms with Crippen LogP contribution >= 0.6 is 0 Å². The van der Waals surface area contributed by atoms with Crippen molar-refractivity contribution in [1.82, 2.24) is 25.4 Å². The van der Waals surface area contributed by atoms with Gasteiger partial charge in [-0.1, -0.05) is 18.6 Å². The van der Waals surface area contributed by atoms with Crippen LogP contribution in [0.2, 0.25) is 0 Å². The van der Waals surface area contributed by atoms with Crippen molar-refractivity contribution in [3.63, 3.8) is 0 Å². The molecular weight excluding hydrogens is 319 g/mol. The second kappa shape index (κ2) is 6.96. The first-order chi connectivity index (χ1) is 12.3. The third-order valence-corrected chi connectivity index (χ3v) is 4.49. The maximum atomic E-state index is 13.4. The summed E-state index contributed by atoms with van der Waals surface area (Å²) in [7, 11) is 0. The SMILES string of the molecule is Fc1cccc(-c2cnnc(NCc3n[nH]c4c3CCCCC4)n2)c1. The summed E-state index contributed by atoms with van der Waals surface area (Å²) in [5, 5.41) is 18.8. The fourth-order valence-corrected chi connectivity index (χ4v) is 3.20. The number of nitrogens with one attached hydrogen (secondary N) is 2. The van der Waals surface area contributed by atoms with Crippen LogP contribution in [0.1, 0.15) is 36.2 Å². The van der Waals surface area contributed by atoms with Crippen molar-refractivity contribution >= 4 is 5.95 Å². The molecule has 0 saturated heterocycles. The highest BCUT2D eigenvalue weighted by Crippen LogP contribution is 2.22. The Balaban J connectivity index is 1.51. The molecule has 0 atom stereocenters. The topological polar surface area (TPSA) is 79.4 Å². The Kier molecular flexibility index (Phi) is 4.37. The van der Waals surface area contributed by atoms with Gasteiger partial charge in [-0.2, -0.15) is 10.2 Å². The van der Waals surface area contributed by atoms with Gasteiger partial charge in [0.15, 0.2) is 0 Å². The van der Waals surface area contributed by atoms with Gasteiger partial charge in [-0.15, -0.1) is 5.10 Å². The minimum atomic E-state index is -0.301. The van der Waals surface area contributed by atoms with Crippen LogP contribution in [0.3, 0.4) is 0 Å². The molecule has 0 spiro atoms. The van der Waals surface area contributed by atoms with Gasteiger partial charge in [0.05, 0.1) is 24.1 Å². The molecule has 2 N–H and O–H groups in total. The number of H-pyrrole nitrogens is 1. The first kappa shape index (κ1) is 15.7. The van der Waals surface area contributed by atoms with Crippen LogP contribution < -0.4 is 5.32 Å². The Bertz CT molecular complexity index is 876. The van der Waals surface area contributed by atoms with Gasteiger partial charge in [0, 0.05) is 11.3 Å². The Morgan fingerprint density at radius 2 is 2.08 bits per heavy atom. The summed E-state index contributed by atoms with van der Waals surface area (Å²) >= 11 is 0. The van der Waals surface area contributed by atoms with Gasteiger partial charge in [0.25, 0.3) is 0 Å². The molecule has 1 aromatic carbocycles. The van der Waals surface area contributed by atoms with E-state index in [4.69, 9.17) is 0 Å². The number of nitrogens with zero attached hydrogens (tertiary/aromatic N) is 4. The molecule has 2 heterocycles. The van der Waals surface area contributed by atoms with Crippen LogP contribution in [0.4, 0.5) is 10.3 Å². The summed E-state index contributed by atoms with van der Waals surface area (Å²) in [5.74, 6) is 0.108. The Hall–Kier alpha value is -2.83. The van der Waals surface area contributed by atoms with Crippen molar-refractivity contribution in [2.45, 2.75) is 38.6 Å². The third-order valence-electron chi connectivity index (χ3n) is 4.49. The van der Waals surface area contributed by atoms with Gasteiger partial charge in [-0.25, -0.2) is 9.37 Å². The maximum absolute atomic E-state index is 13.4. The lowest BCUT2D eigenvalue weighted by Gasteiger charge is -2.06. The highest BCUT2D eigenvalue weighted by molar-refractivity contribution is 5.58. The van der Waals surface area contributed by atoms with E-state index < -0.39 is 0 Å². The maximum Gasteiger partial charge on any atom is 0.243 e. The summed E-state index contributed by atoms with van der Waals surface area (Å²) in [6.07, 6.45) is 7.33. The quantitative estimate of drug-likeness (QED) is 0.714. The number of anilines is 1. The molecular formula is C18H19FN6. The van der Waals surface area contributed by atoms with E-state index in [0.29, 0.717) is 23.8 Å². The Morgan fingerprint density at radius 3 is 3.00 bits per heavy atom. The van der Waals surface area contributed by atoms with Crippen LogP contribution in [0.25, 0.3) is 11.3 Å². The minimum Gasteiger partial charge on any atom is -0.347 e. The third kappa shape index (κ3) is 3.50. The smallest absolute Gasteiger partial charge is 0.243 e. The summed E-state index contributed by atoms with van der Waals surface area (Å²) < 4.78 is 13.4. The van der Waals surface area contributed by atoms with E-state index in [2.05, 4.69) is 30.7 Å². The van der Waals surface area contributed by atoms with Crippen molar-refractivity contribution < 1.29 is 4.39 Å². The first-order valence-corrected chi connectivity index (χ1v) is 8.54. The summed E-state index contributed by atoms with van der Waals surface area (Å²) in [6.45, 7) is 0.542. The van der Waals surface area contributed by atoms with Gasteiger partial charge in [0.2, 0.25) is 5.95 Å². The van der Waals surface area contributed by atoms with E-state index in [9.17, 15) is 4.39 Å². The van der Waals surface area contributed by atoms with Crippen molar-refractivity contribution in [3.8, 4) is 11.3 Å². The van der Waals surface area contributed by atoms with E-state index in [1.807, 2.05) is 0 Å². The average Bonchev–Trinajstić information content (AvgIpc) is 2.86. The largest absolute Gasteiger partial charge is 0.347 e. The summed E-state index contributed by atoms with van der Waals surface area (Å²) in [5.41, 5.74) is 4.84. The van der Waals surface area contributed by atoms with Crippen LogP contribution in [0.15, 0.2) is 30.5 Å². The normalized spacial score (nSPS) is 14.0. The van der Waals surface area contributed by atoms with E-state index in [-0.39, 0.29) is 5.82 Å². The summed E-state index contributed by atoms with van der Waals surface area (Å²) in [6, 6.07) is 6.28. The molecule has 0 amide bonds. The molecule has 0 unspecified atom stereocenters. The number of aromatic amines is 1. The predicted octanol–water partition coefficient (Wildman–Crippen LogP) is 3.28. The lowest BCUT2D eigenvalue weighted by molar-refractivity contribution is 0.628. The molecule has 0 bridgehead atoms. The van der Waals surface area contributed by atoms with Gasteiger partial charge in [0.1, 0.15) is 5.82 Å². The molecule has 2 aromatic heterocycles. The molecule has 0 radical (unpaired) electrons. The van der Waals surface area contributed by atoms with Crippen molar-refractivity contribution in [1.29, 1.82) is 0 Å². The highest BCUT2D eigenvalue weighted by Gasteiger charge is 2.15. The first-order valence-electron chi connectivity index (χ1n) is 8.54. The minimum absolute atomic E-state index is 0.301. The summed E-state index contributed by atoms with van der Waals surface area (Å²) in [4.78, 5) is 4.42. The molecule has 0 saturated carbocycles.